The molecule has 3 N–H and O–H groups in total. The maximum Gasteiger partial charge on any atom is 0.408 e. The lowest BCUT2D eigenvalue weighted by atomic mass is 10.0. The van der Waals surface area contributed by atoms with E-state index in [1.54, 1.807) is 55.4 Å². The number of nitrogens with zero attached hydrogens (tertiary/aromatic N) is 2. The predicted octanol–water partition coefficient (Wildman–Crippen LogP) is 5.00. The highest BCUT2D eigenvalue weighted by Gasteiger charge is 2.30. The van der Waals surface area contributed by atoms with Crippen LogP contribution >= 0.6 is 22.7 Å². The number of carbonyl (C=O) groups is 4. The first-order valence-corrected chi connectivity index (χ1v) is 14.6. The molecule has 0 unspecified atom stereocenters. The lowest BCUT2D eigenvalue weighted by Gasteiger charge is -2.22. The molecule has 0 aliphatic rings. The van der Waals surface area contributed by atoms with Crippen LogP contribution in [0.25, 0.3) is 0 Å². The second kappa shape index (κ2) is 13.1. The van der Waals surface area contributed by atoms with Gasteiger partial charge in [0.1, 0.15) is 26.9 Å². The van der Waals surface area contributed by atoms with E-state index in [9.17, 15) is 19.2 Å². The van der Waals surface area contributed by atoms with Crippen LogP contribution in [-0.4, -0.2) is 52.1 Å². The number of thiazole rings is 2. The van der Waals surface area contributed by atoms with Gasteiger partial charge < -0.3 is 25.4 Å². The maximum atomic E-state index is 13.4. The molecule has 0 aliphatic carbocycles. The molecule has 13 heteroatoms. The number of carbonyl (C=O) groups excluding carboxylic acids is 4. The van der Waals surface area contributed by atoms with Crippen molar-refractivity contribution in [2.24, 2.45) is 5.92 Å². The van der Waals surface area contributed by atoms with E-state index in [4.69, 9.17) is 9.47 Å². The Morgan fingerprint density at radius 2 is 1.35 bits per heavy atom. The smallest absolute Gasteiger partial charge is 0.408 e. The van der Waals surface area contributed by atoms with Crippen LogP contribution in [0.15, 0.2) is 0 Å². The zero-order valence-corrected chi connectivity index (χ0v) is 26.7. The molecule has 0 aliphatic heterocycles. The number of ether oxygens (including phenoxy) is 2. The number of esters is 1. The predicted molar refractivity (Wildman–Crippen MR) is 155 cm³/mol. The Bertz CT molecular complexity index is 1240. The van der Waals surface area contributed by atoms with Crippen molar-refractivity contribution in [1.82, 2.24) is 25.9 Å². The van der Waals surface area contributed by atoms with E-state index in [0.29, 0.717) is 19.8 Å². The molecule has 0 fully saturated rings. The highest BCUT2D eigenvalue weighted by Crippen LogP contribution is 2.31. The number of amides is 3. The number of aromatic nitrogens is 2. The van der Waals surface area contributed by atoms with Crippen molar-refractivity contribution in [3.63, 3.8) is 0 Å². The van der Waals surface area contributed by atoms with Crippen LogP contribution in [0.2, 0.25) is 0 Å². The molecule has 2 aromatic heterocycles. The summed E-state index contributed by atoms with van der Waals surface area (Å²) < 4.78 is 10.8. The Labute approximate surface area is 243 Å². The van der Waals surface area contributed by atoms with E-state index < -0.39 is 41.3 Å². The molecule has 40 heavy (non-hydrogen) atoms. The molecule has 0 saturated heterocycles. The molecule has 0 saturated carbocycles. The first-order valence-electron chi connectivity index (χ1n) is 13.0. The van der Waals surface area contributed by atoms with Gasteiger partial charge in [-0.2, -0.15) is 0 Å². The molecule has 2 atom stereocenters. The Morgan fingerprint density at radius 1 is 0.825 bits per heavy atom. The quantitative estimate of drug-likeness (QED) is 0.343. The average molecular weight is 596 g/mol. The monoisotopic (exact) mass is 595 g/mol. The van der Waals surface area contributed by atoms with Gasteiger partial charge in [-0.1, -0.05) is 13.8 Å². The summed E-state index contributed by atoms with van der Waals surface area (Å²) in [6.07, 6.45) is -0.774. The van der Waals surface area contributed by atoms with Gasteiger partial charge in [0.15, 0.2) is 5.69 Å². The van der Waals surface area contributed by atoms with Gasteiger partial charge in [-0.05, 0) is 61.3 Å². The van der Waals surface area contributed by atoms with Crippen LogP contribution in [-0.2, 0) is 14.3 Å². The van der Waals surface area contributed by atoms with E-state index in [2.05, 4.69) is 25.9 Å². The fourth-order valence-electron chi connectivity index (χ4n) is 3.50. The molecule has 2 heterocycles. The molecule has 0 aromatic carbocycles. The van der Waals surface area contributed by atoms with Gasteiger partial charge in [-0.25, -0.2) is 19.6 Å². The largest absolute Gasteiger partial charge is 0.455 e. The van der Waals surface area contributed by atoms with Gasteiger partial charge in [0.2, 0.25) is 5.91 Å². The summed E-state index contributed by atoms with van der Waals surface area (Å²) in [5, 5.41) is 9.22. The topological polar surface area (TPSA) is 149 Å². The zero-order chi connectivity index (χ0) is 30.6. The molecule has 11 nitrogen and oxygen atoms in total. The third-order valence-corrected chi connectivity index (χ3v) is 7.45. The van der Waals surface area contributed by atoms with E-state index in [1.165, 1.54) is 29.7 Å². The number of rotatable bonds is 9. The molecule has 222 valence electrons. The minimum atomic E-state index is -0.793. The highest BCUT2D eigenvalue weighted by atomic mass is 32.1. The normalized spacial score (nSPS) is 13.4. The van der Waals surface area contributed by atoms with Crippen molar-refractivity contribution in [3.05, 3.63) is 31.2 Å². The summed E-state index contributed by atoms with van der Waals surface area (Å²) in [6.45, 7) is 18.0. The van der Waals surface area contributed by atoms with Gasteiger partial charge in [-0.15, -0.1) is 22.7 Å². The van der Waals surface area contributed by atoms with E-state index in [-0.39, 0.29) is 29.6 Å². The molecule has 0 spiro atoms. The molecular weight excluding hydrogens is 554 g/mol. The first-order chi connectivity index (χ1) is 18.3. The number of nitrogens with one attached hydrogen (secondary N) is 3. The van der Waals surface area contributed by atoms with Crippen molar-refractivity contribution in [2.75, 3.05) is 7.05 Å². The molecule has 2 aromatic rings. The second-order valence-corrected chi connectivity index (χ2v) is 14.2. The Hall–Kier alpha value is -3.06. The molecule has 0 radical (unpaired) electrons. The summed E-state index contributed by atoms with van der Waals surface area (Å²) in [7, 11) is 1.50. The summed E-state index contributed by atoms with van der Waals surface area (Å²) in [5.41, 5.74) is -0.978. The number of aryl methyl sites for hydroxylation is 2. The Balaban J connectivity index is 2.32. The van der Waals surface area contributed by atoms with Crippen LogP contribution in [0.5, 0.6) is 0 Å². The lowest BCUT2D eigenvalue weighted by Crippen LogP contribution is -2.37. The van der Waals surface area contributed by atoms with Crippen LogP contribution in [0.1, 0.15) is 115 Å². The van der Waals surface area contributed by atoms with Gasteiger partial charge in [-0.3, -0.25) is 9.59 Å². The third kappa shape index (κ3) is 9.54. The van der Waals surface area contributed by atoms with Gasteiger partial charge in [0.05, 0.1) is 18.5 Å². The molecule has 2 rings (SSSR count). The van der Waals surface area contributed by atoms with Crippen LogP contribution in [0.4, 0.5) is 4.79 Å². The van der Waals surface area contributed by atoms with Gasteiger partial charge in [0.25, 0.3) is 5.91 Å². The SMILES string of the molecule is CNC(=O)C[C@H](NC(=O)OC(C)(C)C)c1nc(C(=O)N[C@H](c2nc(C(=O)OC(C)(C)C)c(C)s2)C(C)C)c(C)s1. The second-order valence-electron chi connectivity index (χ2n) is 11.7. The van der Waals surface area contributed by atoms with Crippen molar-refractivity contribution in [1.29, 1.82) is 0 Å². The fourth-order valence-corrected chi connectivity index (χ4v) is 5.61. The highest BCUT2D eigenvalue weighted by molar-refractivity contribution is 7.12. The molecule has 0 bridgehead atoms. The van der Waals surface area contributed by atoms with Gasteiger partial charge >= 0.3 is 12.1 Å². The minimum absolute atomic E-state index is 0.0470. The summed E-state index contributed by atoms with van der Waals surface area (Å²) in [4.78, 5) is 61.1. The molecular formula is C27H41N5O6S2. The lowest BCUT2D eigenvalue weighted by molar-refractivity contribution is -0.121. The van der Waals surface area contributed by atoms with Crippen LogP contribution in [0, 0.1) is 19.8 Å². The number of hydrogen-bond acceptors (Lipinski definition) is 10. The van der Waals surface area contributed by atoms with Crippen molar-refractivity contribution in [3.8, 4) is 0 Å². The van der Waals surface area contributed by atoms with Crippen molar-refractivity contribution < 1.29 is 28.7 Å². The van der Waals surface area contributed by atoms with Crippen molar-refractivity contribution >= 4 is 46.6 Å². The summed E-state index contributed by atoms with van der Waals surface area (Å²) >= 11 is 2.54. The van der Waals surface area contributed by atoms with Crippen molar-refractivity contribution in [2.45, 2.75) is 98.9 Å². The van der Waals surface area contributed by atoms with E-state index in [1.807, 2.05) is 13.8 Å². The maximum absolute atomic E-state index is 13.4. The number of alkyl carbamates (subject to hydrolysis) is 1. The Kier molecular flexibility index (Phi) is 10.8. The first kappa shape index (κ1) is 33.1. The van der Waals surface area contributed by atoms with Crippen LogP contribution < -0.4 is 16.0 Å². The van der Waals surface area contributed by atoms with E-state index in [0.717, 1.165) is 0 Å². The Morgan fingerprint density at radius 3 is 1.88 bits per heavy atom. The fraction of sp³-hybridized carbons (Fsp3) is 0.630. The minimum Gasteiger partial charge on any atom is -0.455 e. The average Bonchev–Trinajstić information content (AvgIpc) is 3.36. The van der Waals surface area contributed by atoms with E-state index >= 15 is 0 Å². The van der Waals surface area contributed by atoms with Gasteiger partial charge in [0, 0.05) is 16.8 Å². The summed E-state index contributed by atoms with van der Waals surface area (Å²) in [6, 6.07) is -1.28. The standard InChI is InChI=1S/C27H41N5O6S2/c1-13(2)18(23-32-20(15(4)40-23)24(35)37-26(5,6)7)30-21(34)19-14(3)39-22(31-19)16(12-17(33)28-11)29-25(36)38-27(8,9)10/h13,16,18H,12H2,1-11H3,(H,28,33)(H,29,36)(H,30,34)/t16-,18-/m0/s1. The number of hydrogen-bond donors (Lipinski definition) is 3. The van der Waals surface area contributed by atoms with Crippen LogP contribution in [0.3, 0.4) is 0 Å². The zero-order valence-electron chi connectivity index (χ0n) is 25.1. The molecule has 3 amide bonds. The summed E-state index contributed by atoms with van der Waals surface area (Å²) in [5.74, 6) is -1.30. The third-order valence-electron chi connectivity index (χ3n) is 5.31.